The molecule has 1 atom stereocenters. The zero-order chi connectivity index (χ0) is 22.9. The lowest BCUT2D eigenvalue weighted by molar-refractivity contribution is 0.427. The molecular formula is C31H20N2O2. The van der Waals surface area contributed by atoms with Crippen LogP contribution in [0.5, 0.6) is 0 Å². The monoisotopic (exact) mass is 452 g/mol. The Balaban J connectivity index is 1.40. The van der Waals surface area contributed by atoms with E-state index >= 15 is 0 Å². The molecule has 1 unspecified atom stereocenters. The number of furan rings is 2. The Bertz CT molecular complexity index is 1900. The van der Waals surface area contributed by atoms with Crippen molar-refractivity contribution in [3.63, 3.8) is 0 Å². The van der Waals surface area contributed by atoms with Crippen LogP contribution in [0.4, 0.5) is 0 Å². The molecule has 2 aliphatic heterocycles. The van der Waals surface area contributed by atoms with Crippen LogP contribution in [0.2, 0.25) is 0 Å². The zero-order valence-corrected chi connectivity index (χ0v) is 18.7. The molecule has 6 aromatic rings. The number of hydrogen-bond donors (Lipinski definition) is 1. The fourth-order valence-corrected chi connectivity index (χ4v) is 5.39. The summed E-state index contributed by atoms with van der Waals surface area (Å²) >= 11 is 0. The van der Waals surface area contributed by atoms with Crippen molar-refractivity contribution in [2.75, 3.05) is 0 Å². The van der Waals surface area contributed by atoms with Gasteiger partial charge in [-0.3, -0.25) is 0 Å². The van der Waals surface area contributed by atoms with Crippen LogP contribution >= 0.6 is 0 Å². The molecule has 4 heterocycles. The Kier molecular flexibility index (Phi) is 3.69. The van der Waals surface area contributed by atoms with Gasteiger partial charge in [-0.15, -0.1) is 0 Å². The third-order valence-electron chi connectivity index (χ3n) is 7.04. The minimum absolute atomic E-state index is 0.161. The van der Waals surface area contributed by atoms with E-state index in [-0.39, 0.29) is 6.17 Å². The van der Waals surface area contributed by atoms with E-state index in [2.05, 4.69) is 95.4 Å². The van der Waals surface area contributed by atoms with Crippen molar-refractivity contribution in [3.05, 3.63) is 115 Å². The van der Waals surface area contributed by atoms with Crippen LogP contribution < -0.4 is 5.32 Å². The van der Waals surface area contributed by atoms with Gasteiger partial charge in [-0.1, -0.05) is 60.7 Å². The minimum atomic E-state index is 0.161. The number of allylic oxidation sites excluding steroid dienone is 2. The van der Waals surface area contributed by atoms with Gasteiger partial charge >= 0.3 is 0 Å². The van der Waals surface area contributed by atoms with E-state index in [9.17, 15) is 0 Å². The fourth-order valence-electron chi connectivity index (χ4n) is 5.39. The van der Waals surface area contributed by atoms with E-state index in [1.54, 1.807) is 0 Å². The molecule has 2 aliphatic rings. The summed E-state index contributed by atoms with van der Waals surface area (Å²) < 4.78 is 12.9. The fraction of sp³-hybridized carbons (Fsp3) is 0.0323. The summed E-state index contributed by atoms with van der Waals surface area (Å²) in [4.78, 5) is 2.18. The standard InChI is InChI=1S/C31H20N2O2/c1-3-12-26-21(10-1)24-17-23(30-29(31(24)34-26)22-11-2-4-13-27(22)35-30)19-8-7-9-20(16-19)25-18-33-15-6-5-14-28(33)32-25/h1-18,28,32H. The first-order valence-electron chi connectivity index (χ1n) is 11.8. The van der Waals surface area contributed by atoms with Crippen LogP contribution in [0, 0.1) is 0 Å². The Morgan fingerprint density at radius 2 is 1.46 bits per heavy atom. The molecule has 0 bridgehead atoms. The van der Waals surface area contributed by atoms with E-state index in [0.29, 0.717) is 0 Å². The van der Waals surface area contributed by atoms with Crippen LogP contribution in [-0.2, 0) is 0 Å². The first-order valence-corrected chi connectivity index (χ1v) is 11.8. The molecule has 0 amide bonds. The molecule has 4 aromatic carbocycles. The van der Waals surface area contributed by atoms with Crippen molar-refractivity contribution in [1.82, 2.24) is 10.2 Å². The highest BCUT2D eigenvalue weighted by atomic mass is 16.3. The first kappa shape index (κ1) is 18.7. The lowest BCUT2D eigenvalue weighted by Crippen LogP contribution is -2.31. The van der Waals surface area contributed by atoms with Crippen molar-refractivity contribution in [2.45, 2.75) is 6.17 Å². The van der Waals surface area contributed by atoms with Gasteiger partial charge in [0.25, 0.3) is 0 Å². The Hall–Kier alpha value is -4.70. The van der Waals surface area contributed by atoms with Crippen molar-refractivity contribution < 1.29 is 8.83 Å². The molecule has 8 rings (SSSR count). The maximum Gasteiger partial charge on any atom is 0.147 e. The number of hydrogen-bond acceptors (Lipinski definition) is 4. The topological polar surface area (TPSA) is 41.6 Å². The van der Waals surface area contributed by atoms with Crippen LogP contribution in [0.15, 0.2) is 118 Å². The van der Waals surface area contributed by atoms with Crippen LogP contribution in [0.1, 0.15) is 5.56 Å². The summed E-state index contributed by atoms with van der Waals surface area (Å²) in [6.07, 6.45) is 10.7. The summed E-state index contributed by atoms with van der Waals surface area (Å²) in [6.45, 7) is 0. The molecule has 0 spiro atoms. The summed E-state index contributed by atoms with van der Waals surface area (Å²) in [7, 11) is 0. The Labute approximate surface area is 201 Å². The summed E-state index contributed by atoms with van der Waals surface area (Å²) in [6, 6.07) is 27.3. The van der Waals surface area contributed by atoms with E-state index in [1.165, 1.54) is 0 Å². The molecule has 35 heavy (non-hydrogen) atoms. The van der Waals surface area contributed by atoms with Gasteiger partial charge in [0.05, 0.1) is 11.1 Å². The van der Waals surface area contributed by atoms with Crippen LogP contribution in [0.3, 0.4) is 0 Å². The predicted molar refractivity (Wildman–Crippen MR) is 141 cm³/mol. The van der Waals surface area contributed by atoms with Crippen LogP contribution in [-0.4, -0.2) is 11.1 Å². The van der Waals surface area contributed by atoms with Gasteiger partial charge in [0.15, 0.2) is 0 Å². The highest BCUT2D eigenvalue weighted by Crippen LogP contribution is 2.44. The summed E-state index contributed by atoms with van der Waals surface area (Å²) in [5.74, 6) is 0. The molecule has 166 valence electrons. The van der Waals surface area contributed by atoms with E-state index in [4.69, 9.17) is 8.83 Å². The van der Waals surface area contributed by atoms with Crippen molar-refractivity contribution in [1.29, 1.82) is 0 Å². The SMILES string of the molecule is C1=CC2NC(c3cccc(-c4cc5c6ccccc6oc5c5c4oc4ccccc45)c3)=CN2C=C1. The number of benzene rings is 4. The van der Waals surface area contributed by atoms with E-state index < -0.39 is 0 Å². The number of para-hydroxylation sites is 2. The smallest absolute Gasteiger partial charge is 0.147 e. The first-order chi connectivity index (χ1) is 17.3. The highest BCUT2D eigenvalue weighted by molar-refractivity contribution is 6.25. The second-order valence-electron chi connectivity index (χ2n) is 9.09. The lowest BCUT2D eigenvalue weighted by Gasteiger charge is -2.20. The van der Waals surface area contributed by atoms with Gasteiger partial charge in [0, 0.05) is 34.1 Å². The average molecular weight is 453 g/mol. The van der Waals surface area contributed by atoms with E-state index in [0.717, 1.165) is 66.3 Å². The molecule has 4 nitrogen and oxygen atoms in total. The number of rotatable bonds is 2. The maximum absolute atomic E-state index is 6.47. The van der Waals surface area contributed by atoms with Gasteiger partial charge in [-0.25, -0.2) is 0 Å². The quantitative estimate of drug-likeness (QED) is 0.291. The molecule has 2 aromatic heterocycles. The number of nitrogens with one attached hydrogen (secondary N) is 1. The molecule has 0 saturated carbocycles. The number of fused-ring (bicyclic) bond motifs is 8. The van der Waals surface area contributed by atoms with Gasteiger partial charge in [0.1, 0.15) is 28.5 Å². The second kappa shape index (κ2) is 6.90. The predicted octanol–water partition coefficient (Wildman–Crippen LogP) is 7.77. The Morgan fingerprint density at radius 1 is 0.686 bits per heavy atom. The molecule has 0 saturated heterocycles. The van der Waals surface area contributed by atoms with Crippen LogP contribution in [0.25, 0.3) is 60.7 Å². The largest absolute Gasteiger partial charge is 0.455 e. The van der Waals surface area contributed by atoms with Gasteiger partial charge in [0.2, 0.25) is 0 Å². The molecule has 1 N–H and O–H groups in total. The lowest BCUT2D eigenvalue weighted by atomic mass is 9.97. The zero-order valence-electron chi connectivity index (χ0n) is 18.7. The van der Waals surface area contributed by atoms with Gasteiger partial charge < -0.3 is 19.1 Å². The maximum atomic E-state index is 6.47. The summed E-state index contributed by atoms with van der Waals surface area (Å²) in [5, 5.41) is 7.92. The normalized spacial score (nSPS) is 17.0. The average Bonchev–Trinajstić information content (AvgIpc) is 3.61. The number of nitrogens with zero attached hydrogens (tertiary/aromatic N) is 1. The van der Waals surface area contributed by atoms with Gasteiger partial charge in [-0.2, -0.15) is 0 Å². The highest BCUT2D eigenvalue weighted by Gasteiger charge is 2.23. The van der Waals surface area contributed by atoms with Crippen molar-refractivity contribution in [2.24, 2.45) is 0 Å². The molecule has 0 radical (unpaired) electrons. The minimum Gasteiger partial charge on any atom is -0.455 e. The third-order valence-corrected chi connectivity index (χ3v) is 7.04. The molecule has 0 aliphatic carbocycles. The van der Waals surface area contributed by atoms with Gasteiger partial charge in [-0.05, 0) is 47.5 Å². The molecule has 0 fully saturated rings. The van der Waals surface area contributed by atoms with Crippen molar-refractivity contribution in [3.8, 4) is 11.1 Å². The van der Waals surface area contributed by atoms with Crippen molar-refractivity contribution >= 4 is 49.6 Å². The second-order valence-corrected chi connectivity index (χ2v) is 9.09. The molecular weight excluding hydrogens is 432 g/mol. The van der Waals surface area contributed by atoms with E-state index in [1.807, 2.05) is 24.3 Å². The third kappa shape index (κ3) is 2.68. The molecule has 4 heteroatoms. The Morgan fingerprint density at radius 3 is 2.34 bits per heavy atom. The summed E-state index contributed by atoms with van der Waals surface area (Å²) in [5.41, 5.74) is 7.89.